The van der Waals surface area contributed by atoms with Crippen molar-refractivity contribution in [1.29, 1.82) is 0 Å². The molecule has 0 bridgehead atoms. The van der Waals surface area contributed by atoms with Gasteiger partial charge in [-0.2, -0.15) is 4.98 Å². The minimum Gasteiger partial charge on any atom is -0.474 e. The molecule has 45 heavy (non-hydrogen) atoms. The van der Waals surface area contributed by atoms with Crippen LogP contribution in [0.5, 0.6) is 5.88 Å². The van der Waals surface area contributed by atoms with Crippen LogP contribution in [0.4, 0.5) is 0 Å². The summed E-state index contributed by atoms with van der Waals surface area (Å²) in [5.41, 5.74) is 2.49. The highest BCUT2D eigenvalue weighted by atomic mass is 16.5. The predicted octanol–water partition coefficient (Wildman–Crippen LogP) is 5.61. The number of aromatic nitrogens is 2. The zero-order valence-corrected chi connectivity index (χ0v) is 26.1. The lowest BCUT2D eigenvalue weighted by Gasteiger charge is -2.25. The summed E-state index contributed by atoms with van der Waals surface area (Å²) >= 11 is 0. The van der Waals surface area contributed by atoms with Crippen LogP contribution >= 0.6 is 0 Å². The molecule has 2 heterocycles. The molecule has 9 heteroatoms. The van der Waals surface area contributed by atoms with Crippen LogP contribution in [0.2, 0.25) is 0 Å². The first-order valence-corrected chi connectivity index (χ1v) is 16.0. The number of esters is 1. The van der Waals surface area contributed by atoms with E-state index in [0.29, 0.717) is 49.6 Å². The molecule has 4 atom stereocenters. The van der Waals surface area contributed by atoms with Gasteiger partial charge in [0.05, 0.1) is 24.1 Å². The lowest BCUT2D eigenvalue weighted by atomic mass is 9.93. The molecule has 1 saturated carbocycles. The fourth-order valence-corrected chi connectivity index (χ4v) is 6.05. The molecule has 5 rings (SSSR count). The first-order valence-electron chi connectivity index (χ1n) is 16.0. The molecular formula is C36H42N4O5. The fourth-order valence-electron chi connectivity index (χ4n) is 6.05. The molecule has 0 radical (unpaired) electrons. The Kier molecular flexibility index (Phi) is 11.0. The topological polar surface area (TPSA) is 111 Å². The maximum atomic E-state index is 13.8. The Labute approximate surface area is 265 Å². The standard InChI is InChI=1S/C36H42N4O5/c1-3-44-36(43)30-20-14-6-4-5-7-15-21-40(2)35(42)29-23-27(22-28(29)34(41)38-30)45-32-24-31(25-16-10-8-11-17-25)37-33(39-32)26-18-12-9-13-19-26/h4,6,8-13,16-19,24,27-30H,3,5,7,14-15,20-23H2,1-2H3,(H,38,41). The van der Waals surface area contributed by atoms with Gasteiger partial charge in [0, 0.05) is 30.8 Å². The molecule has 2 aromatic carbocycles. The number of rotatable bonds is 6. The fraction of sp³-hybridized carbons (Fsp3) is 0.417. The predicted molar refractivity (Wildman–Crippen MR) is 172 cm³/mol. The maximum absolute atomic E-state index is 13.8. The molecule has 1 fully saturated rings. The van der Waals surface area contributed by atoms with E-state index in [2.05, 4.69) is 11.4 Å². The summed E-state index contributed by atoms with van der Waals surface area (Å²) < 4.78 is 11.8. The smallest absolute Gasteiger partial charge is 0.328 e. The summed E-state index contributed by atoms with van der Waals surface area (Å²) in [7, 11) is 1.80. The lowest BCUT2D eigenvalue weighted by Crippen LogP contribution is -2.47. The van der Waals surface area contributed by atoms with Gasteiger partial charge >= 0.3 is 5.97 Å². The van der Waals surface area contributed by atoms with Crippen molar-refractivity contribution >= 4 is 17.8 Å². The number of hydrogen-bond donors (Lipinski definition) is 1. The highest BCUT2D eigenvalue weighted by Gasteiger charge is 2.45. The van der Waals surface area contributed by atoms with E-state index in [0.717, 1.165) is 30.4 Å². The SMILES string of the molecule is CCOC(=O)C1CCC=CCCCCN(C)C(=O)C2CC(Oc3cc(-c4ccccc4)nc(-c4ccccc4)n3)CC2C(=O)N1. The highest BCUT2D eigenvalue weighted by Crippen LogP contribution is 2.37. The molecule has 0 spiro atoms. The van der Waals surface area contributed by atoms with Crippen LogP contribution in [0.25, 0.3) is 22.6 Å². The average molecular weight is 611 g/mol. The molecule has 4 unspecified atom stereocenters. The van der Waals surface area contributed by atoms with Gasteiger partial charge in [-0.25, -0.2) is 9.78 Å². The summed E-state index contributed by atoms with van der Waals surface area (Å²) in [5.74, 6) is -1.22. The van der Waals surface area contributed by atoms with Crippen LogP contribution in [-0.4, -0.2) is 65.0 Å². The second kappa shape index (κ2) is 15.5. The van der Waals surface area contributed by atoms with Crippen molar-refractivity contribution in [3.8, 4) is 28.5 Å². The molecule has 236 valence electrons. The van der Waals surface area contributed by atoms with Gasteiger partial charge < -0.3 is 19.7 Å². The quantitative estimate of drug-likeness (QED) is 0.285. The zero-order valence-electron chi connectivity index (χ0n) is 26.1. The number of ether oxygens (including phenoxy) is 2. The number of nitrogens with zero attached hydrogens (tertiary/aromatic N) is 3. The van der Waals surface area contributed by atoms with Crippen molar-refractivity contribution in [3.05, 3.63) is 78.9 Å². The van der Waals surface area contributed by atoms with Gasteiger partial charge in [0.15, 0.2) is 5.82 Å². The van der Waals surface area contributed by atoms with Crippen molar-refractivity contribution in [2.75, 3.05) is 20.2 Å². The molecule has 2 amide bonds. The van der Waals surface area contributed by atoms with Crippen molar-refractivity contribution in [2.45, 2.75) is 64.0 Å². The Bertz CT molecular complexity index is 1420. The molecule has 1 aliphatic heterocycles. The number of carbonyl (C=O) groups is 3. The van der Waals surface area contributed by atoms with E-state index in [1.54, 1.807) is 24.9 Å². The van der Waals surface area contributed by atoms with Crippen LogP contribution in [0.15, 0.2) is 78.9 Å². The van der Waals surface area contributed by atoms with E-state index in [4.69, 9.17) is 19.4 Å². The van der Waals surface area contributed by atoms with Crippen LogP contribution in [0, 0.1) is 11.8 Å². The van der Waals surface area contributed by atoms with Gasteiger partial charge in [0.25, 0.3) is 0 Å². The van der Waals surface area contributed by atoms with Crippen molar-refractivity contribution < 1.29 is 23.9 Å². The second-order valence-corrected chi connectivity index (χ2v) is 11.7. The first-order chi connectivity index (χ1) is 21.9. The van der Waals surface area contributed by atoms with Gasteiger partial charge in [-0.15, -0.1) is 0 Å². The average Bonchev–Trinajstić information content (AvgIpc) is 3.48. The summed E-state index contributed by atoms with van der Waals surface area (Å²) in [5, 5.41) is 2.92. The van der Waals surface area contributed by atoms with Crippen molar-refractivity contribution in [1.82, 2.24) is 20.2 Å². The van der Waals surface area contributed by atoms with E-state index in [1.165, 1.54) is 0 Å². The van der Waals surface area contributed by atoms with Crippen molar-refractivity contribution in [3.63, 3.8) is 0 Å². The number of nitrogens with one attached hydrogen (secondary N) is 1. The maximum Gasteiger partial charge on any atom is 0.328 e. The molecule has 3 aromatic rings. The van der Waals surface area contributed by atoms with Crippen LogP contribution < -0.4 is 10.1 Å². The number of fused-ring (bicyclic) bond motifs is 1. The number of allylic oxidation sites excluding steroid dienone is 2. The van der Waals surface area contributed by atoms with Crippen LogP contribution in [0.1, 0.15) is 51.9 Å². The van der Waals surface area contributed by atoms with Crippen LogP contribution in [-0.2, 0) is 19.1 Å². The number of benzene rings is 2. The van der Waals surface area contributed by atoms with Gasteiger partial charge in [-0.05, 0) is 51.9 Å². The third kappa shape index (κ3) is 8.35. The van der Waals surface area contributed by atoms with Gasteiger partial charge in [-0.1, -0.05) is 72.8 Å². The normalized spacial score (nSPS) is 22.9. The minimum atomic E-state index is -0.788. The van der Waals surface area contributed by atoms with Gasteiger partial charge in [-0.3, -0.25) is 9.59 Å². The first kappa shape index (κ1) is 31.9. The molecule has 2 aliphatic rings. The number of amides is 2. The van der Waals surface area contributed by atoms with Gasteiger partial charge in [0.2, 0.25) is 17.7 Å². The minimum absolute atomic E-state index is 0.0861. The highest BCUT2D eigenvalue weighted by molar-refractivity contribution is 5.91. The molecule has 9 nitrogen and oxygen atoms in total. The van der Waals surface area contributed by atoms with E-state index in [-0.39, 0.29) is 18.4 Å². The molecular weight excluding hydrogens is 568 g/mol. The summed E-state index contributed by atoms with van der Waals surface area (Å²) in [4.78, 5) is 51.6. The monoisotopic (exact) mass is 610 g/mol. The molecule has 0 saturated heterocycles. The van der Waals surface area contributed by atoms with E-state index >= 15 is 0 Å². The number of hydrogen-bond acceptors (Lipinski definition) is 7. The summed E-state index contributed by atoms with van der Waals surface area (Å²) in [6, 6.07) is 20.5. The third-order valence-corrected chi connectivity index (χ3v) is 8.43. The molecule has 1 aromatic heterocycles. The zero-order chi connectivity index (χ0) is 31.6. The van der Waals surface area contributed by atoms with Crippen LogP contribution in [0.3, 0.4) is 0 Å². The Morgan fingerprint density at radius 1 is 0.911 bits per heavy atom. The summed E-state index contributed by atoms with van der Waals surface area (Å²) in [6.07, 6.45) is 8.17. The Balaban J connectivity index is 1.42. The Morgan fingerprint density at radius 3 is 2.33 bits per heavy atom. The van der Waals surface area contributed by atoms with Crippen molar-refractivity contribution in [2.24, 2.45) is 11.8 Å². The number of carbonyl (C=O) groups excluding carboxylic acids is 3. The lowest BCUT2D eigenvalue weighted by molar-refractivity contribution is -0.148. The molecule has 1 N–H and O–H groups in total. The van der Waals surface area contributed by atoms with E-state index in [1.807, 2.05) is 66.7 Å². The Morgan fingerprint density at radius 2 is 1.60 bits per heavy atom. The second-order valence-electron chi connectivity index (χ2n) is 11.7. The molecule has 1 aliphatic carbocycles. The largest absolute Gasteiger partial charge is 0.474 e. The third-order valence-electron chi connectivity index (χ3n) is 8.43. The van der Waals surface area contributed by atoms with E-state index < -0.39 is 30.0 Å². The van der Waals surface area contributed by atoms with Gasteiger partial charge in [0.1, 0.15) is 12.1 Å². The summed E-state index contributed by atoms with van der Waals surface area (Å²) in [6.45, 7) is 2.58. The van der Waals surface area contributed by atoms with E-state index in [9.17, 15) is 14.4 Å². The Hall–Kier alpha value is -4.53.